The van der Waals surface area contributed by atoms with E-state index in [1.165, 1.54) is 12.1 Å². The predicted octanol–water partition coefficient (Wildman–Crippen LogP) is 7.23. The third-order valence-electron chi connectivity index (χ3n) is 4.23. The van der Waals surface area contributed by atoms with E-state index in [4.69, 9.17) is 27.9 Å². The first-order valence-electron chi connectivity index (χ1n) is 8.81. The summed E-state index contributed by atoms with van der Waals surface area (Å²) in [4.78, 5) is 0. The average molecular weight is 520 g/mol. The Bertz CT molecular complexity index is 938. The molecule has 0 saturated carbocycles. The molecule has 0 bridgehead atoms. The first kappa shape index (κ1) is 24.0. The lowest BCUT2D eigenvalue weighted by Gasteiger charge is -2.13. The third kappa shape index (κ3) is 7.47. The van der Waals surface area contributed by atoms with Gasteiger partial charge in [-0.1, -0.05) is 57.3 Å². The van der Waals surface area contributed by atoms with Crippen LogP contribution in [0.2, 0.25) is 10.0 Å². The lowest BCUT2D eigenvalue weighted by molar-refractivity contribution is 0.302. The van der Waals surface area contributed by atoms with Crippen molar-refractivity contribution in [3.8, 4) is 5.75 Å². The van der Waals surface area contributed by atoms with Crippen molar-refractivity contribution in [2.24, 2.45) is 0 Å². The quantitative estimate of drug-likeness (QED) is 0.317. The molecule has 0 aliphatic heterocycles. The molecule has 0 spiro atoms. The van der Waals surface area contributed by atoms with E-state index in [1.807, 2.05) is 30.3 Å². The average Bonchev–Trinajstić information content (AvgIpc) is 2.67. The maximum Gasteiger partial charge on any atom is 0.124 e. The molecule has 3 aromatic rings. The summed E-state index contributed by atoms with van der Waals surface area (Å²) in [5.74, 6) is 0.544. The maximum absolute atomic E-state index is 13.0. The molecule has 0 aromatic heterocycles. The van der Waals surface area contributed by atoms with E-state index < -0.39 is 0 Å². The van der Waals surface area contributed by atoms with Crippen molar-refractivity contribution in [3.63, 3.8) is 0 Å². The van der Waals surface area contributed by atoms with Crippen LogP contribution in [0, 0.1) is 5.82 Å². The number of rotatable bonds is 8. The zero-order chi connectivity index (χ0) is 19.9. The van der Waals surface area contributed by atoms with E-state index in [9.17, 15) is 4.39 Å². The molecule has 29 heavy (non-hydrogen) atoms. The molecule has 3 aromatic carbocycles. The molecule has 0 amide bonds. The van der Waals surface area contributed by atoms with Gasteiger partial charge in [0, 0.05) is 26.6 Å². The SMILES string of the molecule is Cl.Fc1ccc(COc2ccc(Br)cc2CNCCc2ccc(Cl)cc2Cl)cc1. The number of ether oxygens (including phenoxy) is 1. The van der Waals surface area contributed by atoms with E-state index in [-0.39, 0.29) is 18.2 Å². The summed E-state index contributed by atoms with van der Waals surface area (Å²) in [6.07, 6.45) is 0.801. The highest BCUT2D eigenvalue weighted by molar-refractivity contribution is 9.10. The van der Waals surface area contributed by atoms with Gasteiger partial charge in [0.2, 0.25) is 0 Å². The van der Waals surface area contributed by atoms with Crippen molar-refractivity contribution in [2.45, 2.75) is 19.6 Å². The minimum absolute atomic E-state index is 0. The van der Waals surface area contributed by atoms with Crippen molar-refractivity contribution in [2.75, 3.05) is 6.54 Å². The second kappa shape index (κ2) is 11.8. The Labute approximate surface area is 194 Å². The monoisotopic (exact) mass is 517 g/mol. The second-order valence-electron chi connectivity index (χ2n) is 6.33. The van der Waals surface area contributed by atoms with Crippen LogP contribution in [0.15, 0.2) is 65.1 Å². The molecule has 0 heterocycles. The summed E-state index contributed by atoms with van der Waals surface area (Å²) in [6, 6.07) is 17.8. The summed E-state index contributed by atoms with van der Waals surface area (Å²) < 4.78 is 20.0. The number of hydrogen-bond donors (Lipinski definition) is 1. The van der Waals surface area contributed by atoms with E-state index in [0.717, 1.165) is 39.9 Å². The Kier molecular flexibility index (Phi) is 9.73. The molecular formula is C22H20BrCl3FNO. The van der Waals surface area contributed by atoms with Crippen LogP contribution in [0.25, 0.3) is 0 Å². The van der Waals surface area contributed by atoms with Crippen LogP contribution in [0.1, 0.15) is 16.7 Å². The number of halogens is 5. The van der Waals surface area contributed by atoms with Crippen LogP contribution in [0.5, 0.6) is 5.75 Å². The van der Waals surface area contributed by atoms with Gasteiger partial charge < -0.3 is 10.1 Å². The second-order valence-corrected chi connectivity index (χ2v) is 8.09. The number of benzene rings is 3. The topological polar surface area (TPSA) is 21.3 Å². The van der Waals surface area contributed by atoms with Crippen LogP contribution in [-0.2, 0) is 19.6 Å². The summed E-state index contributed by atoms with van der Waals surface area (Å²) in [5.41, 5.74) is 3.01. The highest BCUT2D eigenvalue weighted by Crippen LogP contribution is 2.25. The smallest absolute Gasteiger partial charge is 0.124 e. The number of hydrogen-bond acceptors (Lipinski definition) is 2. The lowest BCUT2D eigenvalue weighted by atomic mass is 10.1. The molecule has 154 valence electrons. The molecule has 7 heteroatoms. The molecule has 0 aliphatic carbocycles. The Morgan fingerprint density at radius 1 is 0.931 bits per heavy atom. The minimum atomic E-state index is -0.252. The lowest BCUT2D eigenvalue weighted by Crippen LogP contribution is -2.17. The molecule has 0 saturated heterocycles. The summed E-state index contributed by atoms with van der Waals surface area (Å²) in [5, 5.41) is 4.74. The normalized spacial score (nSPS) is 10.5. The van der Waals surface area contributed by atoms with Crippen molar-refractivity contribution in [3.05, 3.63) is 97.7 Å². The molecule has 0 unspecified atom stereocenters. The van der Waals surface area contributed by atoms with Crippen LogP contribution in [0.4, 0.5) is 4.39 Å². The Morgan fingerprint density at radius 2 is 1.69 bits per heavy atom. The molecule has 0 aliphatic rings. The van der Waals surface area contributed by atoms with Gasteiger partial charge in [-0.25, -0.2) is 4.39 Å². The molecule has 3 rings (SSSR count). The van der Waals surface area contributed by atoms with Crippen molar-refractivity contribution >= 4 is 51.5 Å². The van der Waals surface area contributed by atoms with Gasteiger partial charge in [0.15, 0.2) is 0 Å². The fourth-order valence-electron chi connectivity index (χ4n) is 2.74. The molecule has 0 atom stereocenters. The van der Waals surface area contributed by atoms with Gasteiger partial charge >= 0.3 is 0 Å². The molecule has 0 radical (unpaired) electrons. The highest BCUT2D eigenvalue weighted by Gasteiger charge is 2.07. The van der Waals surface area contributed by atoms with Crippen molar-refractivity contribution in [1.82, 2.24) is 5.32 Å². The third-order valence-corrected chi connectivity index (χ3v) is 5.31. The Morgan fingerprint density at radius 3 is 2.41 bits per heavy atom. The predicted molar refractivity (Wildman–Crippen MR) is 124 cm³/mol. The van der Waals surface area contributed by atoms with Gasteiger partial charge in [-0.3, -0.25) is 0 Å². The van der Waals surface area contributed by atoms with Crippen molar-refractivity contribution in [1.29, 1.82) is 0 Å². The van der Waals surface area contributed by atoms with E-state index in [2.05, 4.69) is 21.2 Å². The zero-order valence-corrected chi connectivity index (χ0v) is 19.3. The molecular weight excluding hydrogens is 500 g/mol. The van der Waals surface area contributed by atoms with Crippen LogP contribution in [0.3, 0.4) is 0 Å². The van der Waals surface area contributed by atoms with Crippen molar-refractivity contribution < 1.29 is 9.13 Å². The summed E-state index contributed by atoms with van der Waals surface area (Å²) in [6.45, 7) is 1.81. The molecule has 2 nitrogen and oxygen atoms in total. The molecule has 0 fully saturated rings. The maximum atomic E-state index is 13.0. The van der Waals surface area contributed by atoms with Crippen LogP contribution < -0.4 is 10.1 Å². The highest BCUT2D eigenvalue weighted by atomic mass is 79.9. The summed E-state index contributed by atoms with van der Waals surface area (Å²) >= 11 is 15.7. The van der Waals surface area contributed by atoms with Gasteiger partial charge in [-0.15, -0.1) is 12.4 Å². The van der Waals surface area contributed by atoms with E-state index >= 15 is 0 Å². The molecule has 1 N–H and O–H groups in total. The largest absolute Gasteiger partial charge is 0.489 e. The van der Waals surface area contributed by atoms with Gasteiger partial charge in [0.05, 0.1) is 0 Å². The fraction of sp³-hybridized carbons (Fsp3) is 0.182. The fourth-order valence-corrected chi connectivity index (χ4v) is 3.65. The van der Waals surface area contributed by atoms with Crippen LogP contribution in [-0.4, -0.2) is 6.54 Å². The van der Waals surface area contributed by atoms with Gasteiger partial charge in [-0.05, 0) is 66.6 Å². The van der Waals surface area contributed by atoms with E-state index in [1.54, 1.807) is 18.2 Å². The first-order valence-corrected chi connectivity index (χ1v) is 10.4. The minimum Gasteiger partial charge on any atom is -0.489 e. The van der Waals surface area contributed by atoms with Gasteiger partial charge in [0.1, 0.15) is 18.2 Å². The van der Waals surface area contributed by atoms with Crippen LogP contribution >= 0.6 is 51.5 Å². The standard InChI is InChI=1S/C22H19BrCl2FNO.ClH/c23-18-4-8-22(28-14-15-1-6-20(26)7-2-15)17(11-18)13-27-10-9-16-3-5-19(24)12-21(16)25;/h1-8,11-12,27H,9-10,13-14H2;1H. The van der Waals surface area contributed by atoms with Gasteiger partial charge in [0.25, 0.3) is 0 Å². The number of nitrogens with one attached hydrogen (secondary N) is 1. The van der Waals surface area contributed by atoms with Gasteiger partial charge in [-0.2, -0.15) is 0 Å². The zero-order valence-electron chi connectivity index (χ0n) is 15.4. The Balaban J connectivity index is 0.00000300. The Hall–Kier alpha value is -1.30. The first-order chi connectivity index (χ1) is 13.5. The van der Waals surface area contributed by atoms with E-state index in [0.29, 0.717) is 23.2 Å². The summed E-state index contributed by atoms with van der Waals surface area (Å²) in [7, 11) is 0.